The van der Waals surface area contributed by atoms with Crippen molar-refractivity contribution in [3.63, 3.8) is 0 Å². The van der Waals surface area contributed by atoms with Crippen molar-refractivity contribution in [2.24, 2.45) is 0 Å². The largest absolute Gasteiger partial charge is 0.336 e. The van der Waals surface area contributed by atoms with Gasteiger partial charge in [0.25, 0.3) is 5.91 Å². The number of nitrogens with zero attached hydrogens (tertiary/aromatic N) is 4. The summed E-state index contributed by atoms with van der Waals surface area (Å²) in [7, 11) is 0. The van der Waals surface area contributed by atoms with E-state index in [0.29, 0.717) is 23.9 Å². The van der Waals surface area contributed by atoms with Crippen LogP contribution in [0.2, 0.25) is 5.02 Å². The van der Waals surface area contributed by atoms with Crippen LogP contribution in [-0.2, 0) is 0 Å². The molecule has 0 saturated carbocycles. The number of halogens is 1. The molecule has 0 unspecified atom stereocenters. The second-order valence-electron chi connectivity index (χ2n) is 4.35. The molecule has 0 aliphatic heterocycles. The van der Waals surface area contributed by atoms with Crippen LogP contribution in [-0.4, -0.2) is 38.7 Å². The number of benzene rings is 1. The maximum atomic E-state index is 12.2. The monoisotopic (exact) mass is 292 g/mol. The third-order valence-electron chi connectivity index (χ3n) is 3.08. The summed E-state index contributed by atoms with van der Waals surface area (Å²) in [5.74, 6) is 0.745. The number of aryl methyl sites for hydroxylation is 1. The van der Waals surface area contributed by atoms with Crippen LogP contribution in [0.3, 0.4) is 0 Å². The molecule has 0 bridgehead atoms. The molecular weight excluding hydrogens is 276 g/mol. The smallest absolute Gasteiger partial charge is 0.293 e. The molecule has 1 aromatic heterocycles. The molecule has 0 aliphatic carbocycles. The third-order valence-corrected chi connectivity index (χ3v) is 3.33. The zero-order chi connectivity index (χ0) is 14.7. The Labute approximate surface area is 123 Å². The number of rotatable bonds is 4. The Balaban J connectivity index is 2.34. The normalized spacial score (nSPS) is 10.6. The first kappa shape index (κ1) is 14.5. The molecule has 0 radical (unpaired) electrons. The van der Waals surface area contributed by atoms with Gasteiger partial charge >= 0.3 is 0 Å². The fourth-order valence-electron chi connectivity index (χ4n) is 1.96. The number of hydrogen-bond donors (Lipinski definition) is 0. The molecule has 5 nitrogen and oxygen atoms in total. The van der Waals surface area contributed by atoms with Gasteiger partial charge in [-0.25, -0.2) is 9.67 Å². The Hall–Kier alpha value is -1.88. The first-order valence-electron chi connectivity index (χ1n) is 6.55. The second kappa shape index (κ2) is 6.05. The van der Waals surface area contributed by atoms with Crippen molar-refractivity contribution in [3.05, 3.63) is 40.9 Å². The van der Waals surface area contributed by atoms with Crippen molar-refractivity contribution in [1.82, 2.24) is 19.7 Å². The molecule has 0 saturated heterocycles. The summed E-state index contributed by atoms with van der Waals surface area (Å²) in [6.45, 7) is 6.98. The topological polar surface area (TPSA) is 51.0 Å². The predicted molar refractivity (Wildman–Crippen MR) is 78.4 cm³/mol. The molecule has 1 amide bonds. The number of aromatic nitrogens is 3. The highest BCUT2D eigenvalue weighted by atomic mass is 35.5. The Bertz CT molecular complexity index is 602. The number of carbonyl (C=O) groups excluding carboxylic acids is 1. The second-order valence-corrected chi connectivity index (χ2v) is 4.78. The fourth-order valence-corrected chi connectivity index (χ4v) is 2.09. The summed E-state index contributed by atoms with van der Waals surface area (Å²) in [4.78, 5) is 18.2. The van der Waals surface area contributed by atoms with E-state index in [1.807, 2.05) is 32.9 Å². The zero-order valence-corrected chi connectivity index (χ0v) is 12.6. The highest BCUT2D eigenvalue weighted by Crippen LogP contribution is 2.14. The molecule has 106 valence electrons. The van der Waals surface area contributed by atoms with E-state index in [0.717, 1.165) is 5.69 Å². The van der Waals surface area contributed by atoms with E-state index in [2.05, 4.69) is 10.1 Å². The van der Waals surface area contributed by atoms with Crippen molar-refractivity contribution in [2.45, 2.75) is 20.8 Å². The maximum absolute atomic E-state index is 12.2. The van der Waals surface area contributed by atoms with Gasteiger partial charge in [-0.3, -0.25) is 4.79 Å². The van der Waals surface area contributed by atoms with Crippen molar-refractivity contribution < 1.29 is 4.79 Å². The van der Waals surface area contributed by atoms with Crippen LogP contribution in [0.25, 0.3) is 5.69 Å². The molecule has 1 heterocycles. The standard InChI is InChI=1S/C14H17ClN4O/c1-4-18(5-2)14(20)13-16-10(3)19(17-13)12-8-6-11(15)7-9-12/h6-9H,4-5H2,1-3H3. The summed E-state index contributed by atoms with van der Waals surface area (Å²) >= 11 is 5.87. The maximum Gasteiger partial charge on any atom is 0.293 e. The summed E-state index contributed by atoms with van der Waals surface area (Å²) in [6, 6.07) is 7.25. The van der Waals surface area contributed by atoms with Crippen LogP contribution in [0.5, 0.6) is 0 Å². The molecule has 0 aliphatic rings. The number of amides is 1. The van der Waals surface area contributed by atoms with Gasteiger partial charge in [-0.05, 0) is 45.0 Å². The lowest BCUT2D eigenvalue weighted by Crippen LogP contribution is -2.31. The van der Waals surface area contributed by atoms with Crippen LogP contribution < -0.4 is 0 Å². The van der Waals surface area contributed by atoms with Crippen LogP contribution in [0.4, 0.5) is 0 Å². The Kier molecular flexibility index (Phi) is 4.39. The average molecular weight is 293 g/mol. The third kappa shape index (κ3) is 2.82. The van der Waals surface area contributed by atoms with Gasteiger partial charge in [-0.2, -0.15) is 0 Å². The summed E-state index contributed by atoms with van der Waals surface area (Å²) in [5, 5.41) is 4.96. The van der Waals surface area contributed by atoms with Gasteiger partial charge in [0.05, 0.1) is 5.69 Å². The summed E-state index contributed by atoms with van der Waals surface area (Å²) < 4.78 is 1.65. The predicted octanol–water partition coefficient (Wildman–Crippen LogP) is 2.71. The highest BCUT2D eigenvalue weighted by Gasteiger charge is 2.19. The van der Waals surface area contributed by atoms with Crippen LogP contribution in [0.1, 0.15) is 30.3 Å². The van der Waals surface area contributed by atoms with E-state index in [9.17, 15) is 4.79 Å². The first-order chi connectivity index (χ1) is 9.56. The lowest BCUT2D eigenvalue weighted by atomic mass is 10.3. The Morgan fingerprint density at radius 3 is 2.40 bits per heavy atom. The Morgan fingerprint density at radius 1 is 1.25 bits per heavy atom. The van der Waals surface area contributed by atoms with Crippen molar-refractivity contribution in [2.75, 3.05) is 13.1 Å². The Morgan fingerprint density at radius 2 is 1.85 bits per heavy atom. The van der Waals surface area contributed by atoms with Gasteiger partial charge in [0.1, 0.15) is 5.82 Å². The first-order valence-corrected chi connectivity index (χ1v) is 6.93. The van der Waals surface area contributed by atoms with Crippen LogP contribution in [0, 0.1) is 6.92 Å². The van der Waals surface area contributed by atoms with E-state index in [-0.39, 0.29) is 11.7 Å². The molecule has 0 N–H and O–H groups in total. The molecule has 0 fully saturated rings. The molecule has 20 heavy (non-hydrogen) atoms. The van der Waals surface area contributed by atoms with E-state index in [1.54, 1.807) is 21.7 Å². The van der Waals surface area contributed by atoms with Gasteiger partial charge in [-0.15, -0.1) is 5.10 Å². The minimum Gasteiger partial charge on any atom is -0.336 e. The minimum absolute atomic E-state index is 0.147. The van der Waals surface area contributed by atoms with E-state index < -0.39 is 0 Å². The summed E-state index contributed by atoms with van der Waals surface area (Å²) in [6.07, 6.45) is 0. The van der Waals surface area contributed by atoms with Gasteiger partial charge in [0, 0.05) is 18.1 Å². The van der Waals surface area contributed by atoms with E-state index in [1.165, 1.54) is 0 Å². The van der Waals surface area contributed by atoms with Crippen molar-refractivity contribution in [1.29, 1.82) is 0 Å². The highest BCUT2D eigenvalue weighted by molar-refractivity contribution is 6.30. The molecule has 6 heteroatoms. The van der Waals surface area contributed by atoms with Crippen molar-refractivity contribution in [3.8, 4) is 5.69 Å². The van der Waals surface area contributed by atoms with E-state index >= 15 is 0 Å². The molecule has 2 aromatic rings. The lowest BCUT2D eigenvalue weighted by Gasteiger charge is -2.15. The number of carbonyl (C=O) groups is 1. The molecule has 0 atom stereocenters. The molecule has 0 spiro atoms. The average Bonchev–Trinajstić information content (AvgIpc) is 2.83. The summed E-state index contributed by atoms with van der Waals surface area (Å²) in [5.41, 5.74) is 0.831. The zero-order valence-electron chi connectivity index (χ0n) is 11.8. The molecule has 2 rings (SSSR count). The fraction of sp³-hybridized carbons (Fsp3) is 0.357. The quantitative estimate of drug-likeness (QED) is 0.870. The number of hydrogen-bond acceptors (Lipinski definition) is 3. The molecular formula is C14H17ClN4O. The molecule has 1 aromatic carbocycles. The van der Waals surface area contributed by atoms with E-state index in [4.69, 9.17) is 11.6 Å². The van der Waals surface area contributed by atoms with Gasteiger partial charge in [0.15, 0.2) is 0 Å². The van der Waals surface area contributed by atoms with Gasteiger partial charge in [-0.1, -0.05) is 11.6 Å². The van der Waals surface area contributed by atoms with Crippen LogP contribution >= 0.6 is 11.6 Å². The van der Waals surface area contributed by atoms with Crippen LogP contribution in [0.15, 0.2) is 24.3 Å². The minimum atomic E-state index is -0.147. The van der Waals surface area contributed by atoms with Gasteiger partial charge < -0.3 is 4.90 Å². The lowest BCUT2D eigenvalue weighted by molar-refractivity contribution is 0.0761. The van der Waals surface area contributed by atoms with Gasteiger partial charge in [0.2, 0.25) is 5.82 Å². The van der Waals surface area contributed by atoms with Crippen molar-refractivity contribution >= 4 is 17.5 Å². The SMILES string of the molecule is CCN(CC)C(=O)c1nc(C)n(-c2ccc(Cl)cc2)n1.